The van der Waals surface area contributed by atoms with Crippen LogP contribution in [-0.4, -0.2) is 13.5 Å². The molecule has 0 spiro atoms. The number of hydrogen-bond acceptors (Lipinski definition) is 4. The van der Waals surface area contributed by atoms with Crippen LogP contribution in [0.5, 0.6) is 5.75 Å². The number of aromatic hydroxyl groups is 1. The zero-order valence-electron chi connectivity index (χ0n) is 10.6. The minimum Gasteiger partial charge on any atom is -0.508 e. The summed E-state index contributed by atoms with van der Waals surface area (Å²) in [5, 5.41) is 9.66. The van der Waals surface area contributed by atoms with Crippen molar-refractivity contribution in [2.45, 2.75) is 11.8 Å². The van der Waals surface area contributed by atoms with Crippen molar-refractivity contribution < 1.29 is 13.5 Å². The van der Waals surface area contributed by atoms with Gasteiger partial charge < -0.3 is 10.8 Å². The fourth-order valence-electron chi connectivity index (χ4n) is 1.61. The molecule has 4 N–H and O–H groups in total. The molecule has 0 saturated carbocycles. The van der Waals surface area contributed by atoms with Gasteiger partial charge in [0.2, 0.25) is 0 Å². The van der Waals surface area contributed by atoms with Crippen molar-refractivity contribution in [3.05, 3.63) is 47.0 Å². The van der Waals surface area contributed by atoms with E-state index < -0.39 is 10.0 Å². The summed E-state index contributed by atoms with van der Waals surface area (Å²) >= 11 is 5.88. The maximum Gasteiger partial charge on any atom is 0.263 e. The van der Waals surface area contributed by atoms with E-state index in [1.54, 1.807) is 19.1 Å². The number of hydrogen-bond donors (Lipinski definition) is 3. The van der Waals surface area contributed by atoms with Crippen molar-refractivity contribution >= 4 is 33.0 Å². The van der Waals surface area contributed by atoms with Gasteiger partial charge >= 0.3 is 0 Å². The number of nitrogens with one attached hydrogen (secondary N) is 1. The zero-order valence-corrected chi connectivity index (χ0v) is 12.2. The molecule has 20 heavy (non-hydrogen) atoms. The van der Waals surface area contributed by atoms with E-state index in [1.807, 2.05) is 0 Å². The van der Waals surface area contributed by atoms with Crippen LogP contribution in [0.15, 0.2) is 41.3 Å². The number of halogens is 1. The third-order valence-electron chi connectivity index (χ3n) is 2.71. The van der Waals surface area contributed by atoms with Gasteiger partial charge in [-0.1, -0.05) is 17.7 Å². The topological polar surface area (TPSA) is 92.4 Å². The van der Waals surface area contributed by atoms with Crippen molar-refractivity contribution in [3.8, 4) is 5.75 Å². The van der Waals surface area contributed by atoms with E-state index in [0.29, 0.717) is 11.3 Å². The van der Waals surface area contributed by atoms with E-state index in [-0.39, 0.29) is 21.4 Å². The Morgan fingerprint density at radius 1 is 1.20 bits per heavy atom. The minimum absolute atomic E-state index is 0.00359. The standard InChI is InChI=1S/C13H13ClN2O3S/c1-8-2-4-10(7-12(8)17)16-20(18,19)13-6-9(15)3-5-11(13)14/h2-7,16-17H,15H2,1H3. The Kier molecular flexibility index (Phi) is 3.78. The molecule has 0 unspecified atom stereocenters. The van der Waals surface area contributed by atoms with Gasteiger partial charge in [0.15, 0.2) is 0 Å². The molecule has 2 aromatic carbocycles. The van der Waals surface area contributed by atoms with Crippen LogP contribution in [-0.2, 0) is 10.0 Å². The number of phenols is 1. The molecule has 0 saturated heterocycles. The Bertz CT molecular complexity index is 760. The van der Waals surface area contributed by atoms with Crippen LogP contribution < -0.4 is 10.5 Å². The quantitative estimate of drug-likeness (QED) is 0.760. The van der Waals surface area contributed by atoms with Gasteiger partial charge in [-0.3, -0.25) is 4.72 Å². The monoisotopic (exact) mass is 312 g/mol. The summed E-state index contributed by atoms with van der Waals surface area (Å²) in [6.45, 7) is 1.71. The molecule has 106 valence electrons. The lowest BCUT2D eigenvalue weighted by molar-refractivity contribution is 0.471. The van der Waals surface area contributed by atoms with Crippen LogP contribution in [0.2, 0.25) is 5.02 Å². The van der Waals surface area contributed by atoms with Crippen LogP contribution in [0.1, 0.15) is 5.56 Å². The van der Waals surface area contributed by atoms with Gasteiger partial charge in [0.05, 0.1) is 10.7 Å². The van der Waals surface area contributed by atoms with Crippen LogP contribution in [0, 0.1) is 6.92 Å². The zero-order chi connectivity index (χ0) is 14.9. The first-order valence-electron chi connectivity index (χ1n) is 5.67. The van der Waals surface area contributed by atoms with E-state index in [2.05, 4.69) is 4.72 Å². The highest BCUT2D eigenvalue weighted by atomic mass is 35.5. The van der Waals surface area contributed by atoms with Crippen molar-refractivity contribution in [1.82, 2.24) is 0 Å². The first-order chi connectivity index (χ1) is 9.29. The molecule has 5 nitrogen and oxygen atoms in total. The molecule has 0 aliphatic heterocycles. The maximum absolute atomic E-state index is 12.2. The van der Waals surface area contributed by atoms with E-state index in [1.165, 1.54) is 24.3 Å². The first kappa shape index (κ1) is 14.5. The SMILES string of the molecule is Cc1ccc(NS(=O)(=O)c2cc(N)ccc2Cl)cc1O. The van der Waals surface area contributed by atoms with Gasteiger partial charge in [-0.2, -0.15) is 0 Å². The van der Waals surface area contributed by atoms with Crippen LogP contribution in [0.4, 0.5) is 11.4 Å². The third-order valence-corrected chi connectivity index (χ3v) is 4.57. The Morgan fingerprint density at radius 3 is 2.55 bits per heavy atom. The second-order valence-corrected chi connectivity index (χ2v) is 6.35. The average Bonchev–Trinajstić information content (AvgIpc) is 2.36. The lowest BCUT2D eigenvalue weighted by Crippen LogP contribution is -2.13. The van der Waals surface area contributed by atoms with Gasteiger partial charge in [0, 0.05) is 11.8 Å². The molecule has 0 aliphatic carbocycles. The smallest absolute Gasteiger partial charge is 0.263 e. The summed E-state index contributed by atoms with van der Waals surface area (Å²) in [5.74, 6) is 0.00359. The third kappa shape index (κ3) is 2.97. The van der Waals surface area contributed by atoms with Crippen molar-refractivity contribution in [2.24, 2.45) is 0 Å². The van der Waals surface area contributed by atoms with Crippen molar-refractivity contribution in [1.29, 1.82) is 0 Å². The molecule has 0 aromatic heterocycles. The number of aryl methyl sites for hydroxylation is 1. The summed E-state index contributed by atoms with van der Waals surface area (Å²) in [5.41, 5.74) is 6.75. The molecular weight excluding hydrogens is 300 g/mol. The molecule has 0 fully saturated rings. The van der Waals surface area contributed by atoms with Crippen LogP contribution in [0.3, 0.4) is 0 Å². The minimum atomic E-state index is -3.87. The predicted octanol–water partition coefficient (Wildman–Crippen LogP) is 2.74. The number of benzene rings is 2. The number of nitrogens with two attached hydrogens (primary N) is 1. The first-order valence-corrected chi connectivity index (χ1v) is 7.53. The van der Waals surface area contributed by atoms with Gasteiger partial charge in [-0.25, -0.2) is 8.42 Å². The van der Waals surface area contributed by atoms with E-state index in [9.17, 15) is 13.5 Å². The number of sulfonamides is 1. The normalized spacial score (nSPS) is 11.3. The molecule has 7 heteroatoms. The van der Waals surface area contributed by atoms with E-state index in [0.717, 1.165) is 0 Å². The van der Waals surface area contributed by atoms with E-state index >= 15 is 0 Å². The highest BCUT2D eigenvalue weighted by molar-refractivity contribution is 7.92. The lowest BCUT2D eigenvalue weighted by atomic mass is 10.2. The Morgan fingerprint density at radius 2 is 1.90 bits per heavy atom. The molecule has 0 amide bonds. The van der Waals surface area contributed by atoms with Crippen molar-refractivity contribution in [2.75, 3.05) is 10.5 Å². The number of rotatable bonds is 3. The molecule has 0 atom stereocenters. The molecular formula is C13H13ClN2O3S. The van der Waals surface area contributed by atoms with Gasteiger partial charge in [-0.15, -0.1) is 0 Å². The Labute approximate surface area is 122 Å². The molecule has 0 radical (unpaired) electrons. The fourth-order valence-corrected chi connectivity index (χ4v) is 3.19. The summed E-state index contributed by atoms with van der Waals surface area (Å²) in [6.07, 6.45) is 0. The number of nitrogen functional groups attached to an aromatic ring is 1. The van der Waals surface area contributed by atoms with E-state index in [4.69, 9.17) is 17.3 Å². The van der Waals surface area contributed by atoms with Crippen LogP contribution in [0.25, 0.3) is 0 Å². The highest BCUT2D eigenvalue weighted by Crippen LogP contribution is 2.27. The van der Waals surface area contributed by atoms with Gasteiger partial charge in [-0.05, 0) is 36.8 Å². The summed E-state index contributed by atoms with van der Waals surface area (Å²) < 4.78 is 26.8. The molecule has 0 bridgehead atoms. The van der Waals surface area contributed by atoms with Gasteiger partial charge in [0.1, 0.15) is 10.6 Å². The van der Waals surface area contributed by atoms with Gasteiger partial charge in [0.25, 0.3) is 10.0 Å². The maximum atomic E-state index is 12.2. The molecule has 2 aromatic rings. The average molecular weight is 313 g/mol. The second-order valence-electron chi connectivity index (χ2n) is 4.30. The summed E-state index contributed by atoms with van der Waals surface area (Å²) in [6, 6.07) is 8.68. The Balaban J connectivity index is 2.40. The van der Waals surface area contributed by atoms with Crippen LogP contribution >= 0.6 is 11.6 Å². The Hall–Kier alpha value is -1.92. The summed E-state index contributed by atoms with van der Waals surface area (Å²) in [4.78, 5) is -0.112. The molecule has 0 aliphatic rings. The van der Waals surface area contributed by atoms with Crippen molar-refractivity contribution in [3.63, 3.8) is 0 Å². The second kappa shape index (κ2) is 5.22. The lowest BCUT2D eigenvalue weighted by Gasteiger charge is -2.11. The molecule has 0 heterocycles. The number of phenolic OH excluding ortho intramolecular Hbond substituents is 1. The molecule has 2 rings (SSSR count). The largest absolute Gasteiger partial charge is 0.508 e. The fraction of sp³-hybridized carbons (Fsp3) is 0.0769. The highest BCUT2D eigenvalue weighted by Gasteiger charge is 2.18. The number of anilines is 2. The predicted molar refractivity (Wildman–Crippen MR) is 79.5 cm³/mol. The summed E-state index contributed by atoms with van der Waals surface area (Å²) in [7, 11) is -3.87.